The van der Waals surface area contributed by atoms with Crippen LogP contribution in [0.1, 0.15) is 30.2 Å². The Hall–Kier alpha value is -3.79. The molecule has 188 valence electrons. The van der Waals surface area contributed by atoms with Crippen molar-refractivity contribution in [2.75, 3.05) is 13.7 Å². The number of fused-ring (bicyclic) bond motifs is 1. The smallest absolute Gasteiger partial charge is 0.269 e. The normalized spacial score (nSPS) is 22.7. The molecule has 1 fully saturated rings. The van der Waals surface area contributed by atoms with Crippen LogP contribution in [-0.2, 0) is 10.6 Å². The van der Waals surface area contributed by atoms with Gasteiger partial charge in [-0.1, -0.05) is 11.2 Å². The molecule has 3 aromatic rings. The largest absolute Gasteiger partial charge is 0.495 e. The van der Waals surface area contributed by atoms with Gasteiger partial charge in [0.2, 0.25) is 0 Å². The van der Waals surface area contributed by atoms with E-state index < -0.39 is 36.5 Å². The third-order valence-electron chi connectivity index (χ3n) is 6.41. The summed E-state index contributed by atoms with van der Waals surface area (Å²) in [5.41, 5.74) is 1.06. The molecule has 2 aromatic carbocycles. The monoisotopic (exact) mass is 498 g/mol. The van der Waals surface area contributed by atoms with E-state index in [2.05, 4.69) is 10.1 Å². The van der Waals surface area contributed by atoms with Gasteiger partial charge in [-0.25, -0.2) is 18.2 Å². The van der Waals surface area contributed by atoms with Gasteiger partial charge >= 0.3 is 0 Å². The van der Waals surface area contributed by atoms with Gasteiger partial charge in [-0.05, 0) is 61.9 Å². The highest BCUT2D eigenvalue weighted by Crippen LogP contribution is 2.46. The topological polar surface area (TPSA) is 72.1 Å². The second-order valence-electron chi connectivity index (χ2n) is 9.03. The van der Waals surface area contributed by atoms with Crippen molar-refractivity contribution in [3.63, 3.8) is 0 Å². The Kier molecular flexibility index (Phi) is 5.78. The molecule has 3 heterocycles. The summed E-state index contributed by atoms with van der Waals surface area (Å²) in [6.07, 6.45) is 3.32. The number of aliphatic hydroxyl groups excluding tert-OH is 1. The number of aliphatic hydroxyl groups is 1. The fourth-order valence-electron chi connectivity index (χ4n) is 4.75. The highest BCUT2D eigenvalue weighted by atomic mass is 19.3. The molecule has 0 saturated carbocycles. The summed E-state index contributed by atoms with van der Waals surface area (Å²) in [6, 6.07) is 10.5. The number of ether oxygens (including phenoxy) is 1. The molecule has 1 unspecified atom stereocenters. The number of aryl methyl sites for hydroxylation is 1. The van der Waals surface area contributed by atoms with Gasteiger partial charge in [0.05, 0.1) is 31.4 Å². The van der Waals surface area contributed by atoms with E-state index in [9.17, 15) is 9.50 Å². The number of amidine groups is 1. The molecule has 0 amide bonds. The molecule has 0 spiro atoms. The predicted octanol–water partition coefficient (Wildman–Crippen LogP) is 4.63. The van der Waals surface area contributed by atoms with Crippen molar-refractivity contribution in [3.8, 4) is 11.4 Å². The molecule has 1 saturated heterocycles. The lowest BCUT2D eigenvalue weighted by molar-refractivity contribution is -0.190. The van der Waals surface area contributed by atoms with Gasteiger partial charge in [0, 0.05) is 23.8 Å². The van der Waals surface area contributed by atoms with Gasteiger partial charge in [-0.15, -0.1) is 0 Å². The Morgan fingerprint density at radius 2 is 1.94 bits per heavy atom. The Balaban J connectivity index is 1.55. The van der Waals surface area contributed by atoms with E-state index in [1.54, 1.807) is 24.5 Å². The molecular weight excluding hydrogens is 473 g/mol. The first kappa shape index (κ1) is 23.9. The SMILES string of the molecule is COc1cc(C=C2CC(F)(F)CN3C2=NO[C@]3(c2ccc(F)cc2)C(C)O)ccc1-n1cnc(C)c1. The van der Waals surface area contributed by atoms with Crippen molar-refractivity contribution in [1.29, 1.82) is 0 Å². The number of piperidine rings is 1. The highest BCUT2D eigenvalue weighted by Gasteiger charge is 2.58. The zero-order valence-corrected chi connectivity index (χ0v) is 20.0. The minimum absolute atomic E-state index is 0.194. The second kappa shape index (κ2) is 8.70. The minimum Gasteiger partial charge on any atom is -0.495 e. The molecule has 0 radical (unpaired) electrons. The fraction of sp³-hybridized carbons (Fsp3) is 0.308. The van der Waals surface area contributed by atoms with Gasteiger partial charge in [0.25, 0.3) is 11.6 Å². The summed E-state index contributed by atoms with van der Waals surface area (Å²) >= 11 is 0. The van der Waals surface area contributed by atoms with Gasteiger partial charge in [0.1, 0.15) is 17.7 Å². The van der Waals surface area contributed by atoms with Crippen LogP contribution < -0.4 is 4.74 Å². The van der Waals surface area contributed by atoms with E-state index in [-0.39, 0.29) is 11.4 Å². The molecule has 2 aliphatic rings. The summed E-state index contributed by atoms with van der Waals surface area (Å²) in [6.45, 7) is 2.59. The number of nitrogens with zero attached hydrogens (tertiary/aromatic N) is 4. The van der Waals surface area contributed by atoms with E-state index in [1.165, 1.54) is 43.2 Å². The van der Waals surface area contributed by atoms with E-state index >= 15 is 8.78 Å². The van der Waals surface area contributed by atoms with E-state index in [0.717, 1.165) is 11.4 Å². The fourth-order valence-corrected chi connectivity index (χ4v) is 4.75. The number of aromatic nitrogens is 2. The van der Waals surface area contributed by atoms with Crippen molar-refractivity contribution in [2.24, 2.45) is 5.16 Å². The minimum atomic E-state index is -3.13. The molecule has 2 atom stereocenters. The molecular formula is C26H25F3N4O3. The molecule has 7 nitrogen and oxygen atoms in total. The average molecular weight is 499 g/mol. The Labute approximate surface area is 206 Å². The van der Waals surface area contributed by atoms with Crippen LogP contribution in [0.2, 0.25) is 0 Å². The molecule has 1 aromatic heterocycles. The second-order valence-corrected chi connectivity index (χ2v) is 9.03. The van der Waals surface area contributed by atoms with E-state index in [4.69, 9.17) is 9.57 Å². The van der Waals surface area contributed by atoms with Crippen LogP contribution in [0, 0.1) is 12.7 Å². The summed E-state index contributed by atoms with van der Waals surface area (Å²) in [5.74, 6) is -2.89. The lowest BCUT2D eigenvalue weighted by Gasteiger charge is -2.43. The number of benzene rings is 2. The van der Waals surface area contributed by atoms with Crippen molar-refractivity contribution < 1.29 is 27.9 Å². The number of hydrogen-bond donors (Lipinski definition) is 1. The summed E-state index contributed by atoms with van der Waals surface area (Å²) < 4.78 is 51.0. The van der Waals surface area contributed by atoms with Crippen LogP contribution >= 0.6 is 0 Å². The van der Waals surface area contributed by atoms with Crippen LogP contribution in [0.4, 0.5) is 13.2 Å². The zero-order chi connectivity index (χ0) is 25.7. The van der Waals surface area contributed by atoms with Crippen LogP contribution in [-0.4, -0.2) is 51.1 Å². The first-order valence-electron chi connectivity index (χ1n) is 11.4. The maximum Gasteiger partial charge on any atom is 0.269 e. The number of hydrogen-bond acceptors (Lipinski definition) is 6. The number of rotatable bonds is 5. The van der Waals surface area contributed by atoms with Crippen molar-refractivity contribution in [1.82, 2.24) is 14.5 Å². The van der Waals surface area contributed by atoms with Crippen LogP contribution in [0.3, 0.4) is 0 Å². The molecule has 5 rings (SSSR count). The number of halogens is 3. The maximum atomic E-state index is 15.0. The molecule has 1 N–H and O–H groups in total. The maximum absolute atomic E-state index is 15.0. The zero-order valence-electron chi connectivity index (χ0n) is 20.0. The quantitative estimate of drug-likeness (QED) is 0.556. The average Bonchev–Trinajstić information content (AvgIpc) is 3.43. The first-order valence-corrected chi connectivity index (χ1v) is 11.4. The molecule has 36 heavy (non-hydrogen) atoms. The third kappa shape index (κ3) is 4.01. The standard InChI is InChI=1S/C26H25F3N4O3/c1-16-13-32(15-30-16)22-9-4-18(11-23(22)35-3)10-19-12-25(28,29)14-33-24(19)31-36-26(33,17(2)34)20-5-7-21(27)8-6-20/h4-11,13,15,17,34H,12,14H2,1-3H3/t17?,26-/m0/s1. The molecule has 0 bridgehead atoms. The van der Waals surface area contributed by atoms with E-state index in [0.29, 0.717) is 16.9 Å². The van der Waals surface area contributed by atoms with Crippen molar-refractivity contribution in [3.05, 3.63) is 83.2 Å². The predicted molar refractivity (Wildman–Crippen MR) is 127 cm³/mol. The van der Waals surface area contributed by atoms with Crippen molar-refractivity contribution in [2.45, 2.75) is 38.0 Å². The number of alkyl halides is 2. The van der Waals surface area contributed by atoms with Gasteiger partial charge < -0.3 is 24.1 Å². The first-order chi connectivity index (χ1) is 17.1. The Morgan fingerprint density at radius 3 is 2.58 bits per heavy atom. The van der Waals surface area contributed by atoms with Crippen LogP contribution in [0.25, 0.3) is 11.8 Å². The number of methoxy groups -OCH3 is 1. The molecule has 10 heteroatoms. The van der Waals surface area contributed by atoms with Crippen molar-refractivity contribution >= 4 is 11.9 Å². The summed E-state index contributed by atoms with van der Waals surface area (Å²) in [7, 11) is 1.53. The Bertz CT molecular complexity index is 1350. The lowest BCUT2D eigenvalue weighted by atomic mass is 9.90. The van der Waals surface area contributed by atoms with Crippen LogP contribution in [0.15, 0.2) is 65.7 Å². The number of imidazole rings is 1. The van der Waals surface area contributed by atoms with E-state index in [1.807, 2.05) is 23.8 Å². The third-order valence-corrected chi connectivity index (χ3v) is 6.41. The highest BCUT2D eigenvalue weighted by molar-refractivity contribution is 6.04. The summed E-state index contributed by atoms with van der Waals surface area (Å²) in [4.78, 5) is 11.2. The summed E-state index contributed by atoms with van der Waals surface area (Å²) in [5, 5.41) is 14.8. The van der Waals surface area contributed by atoms with Gasteiger partial charge in [0.15, 0.2) is 5.84 Å². The Morgan fingerprint density at radius 1 is 1.19 bits per heavy atom. The molecule has 2 aliphatic heterocycles. The molecule has 0 aliphatic carbocycles. The van der Waals surface area contributed by atoms with Crippen LogP contribution in [0.5, 0.6) is 5.75 Å². The number of oxime groups is 1. The van der Waals surface area contributed by atoms with Gasteiger partial charge in [-0.3, -0.25) is 0 Å². The lowest BCUT2D eigenvalue weighted by Crippen LogP contribution is -2.59. The van der Waals surface area contributed by atoms with Gasteiger partial charge in [-0.2, -0.15) is 0 Å².